The first kappa shape index (κ1) is 15.1. The molecule has 4 nitrogen and oxygen atoms in total. The lowest BCUT2D eigenvalue weighted by molar-refractivity contribution is 0.0908. The average molecular weight is 319 g/mol. The summed E-state index contributed by atoms with van der Waals surface area (Å²) in [6.45, 7) is 4.54. The Labute approximate surface area is 142 Å². The molecule has 0 saturated carbocycles. The second-order valence-corrected chi connectivity index (χ2v) is 6.77. The van der Waals surface area contributed by atoms with Gasteiger partial charge in [0.15, 0.2) is 5.78 Å². The van der Waals surface area contributed by atoms with Crippen molar-refractivity contribution in [3.63, 3.8) is 0 Å². The highest BCUT2D eigenvalue weighted by molar-refractivity contribution is 6.18. The molecule has 2 N–H and O–H groups in total. The van der Waals surface area contributed by atoms with Gasteiger partial charge >= 0.3 is 0 Å². The largest absolute Gasteiger partial charge is 0.399 e. The molecule has 4 heteroatoms. The van der Waals surface area contributed by atoms with Gasteiger partial charge < -0.3 is 5.73 Å². The van der Waals surface area contributed by atoms with E-state index in [1.165, 1.54) is 5.56 Å². The lowest BCUT2D eigenvalue weighted by Crippen LogP contribution is -2.45. The summed E-state index contributed by atoms with van der Waals surface area (Å²) in [5.41, 5.74) is 11.5. The van der Waals surface area contributed by atoms with Crippen molar-refractivity contribution in [3.8, 4) is 0 Å². The van der Waals surface area contributed by atoms with Crippen molar-refractivity contribution in [2.24, 2.45) is 10.9 Å². The van der Waals surface area contributed by atoms with Crippen LogP contribution in [0.3, 0.4) is 0 Å². The molecule has 1 saturated heterocycles. The first-order chi connectivity index (χ1) is 11.6. The topological polar surface area (TPSA) is 58.7 Å². The molecule has 4 rings (SSSR count). The zero-order valence-corrected chi connectivity index (χ0v) is 13.8. The number of benzene rings is 2. The van der Waals surface area contributed by atoms with Crippen molar-refractivity contribution in [1.29, 1.82) is 0 Å². The van der Waals surface area contributed by atoms with Gasteiger partial charge in [0.25, 0.3) is 0 Å². The summed E-state index contributed by atoms with van der Waals surface area (Å²) >= 11 is 0. The van der Waals surface area contributed by atoms with Crippen LogP contribution in [0.5, 0.6) is 0 Å². The number of piperidine rings is 1. The maximum Gasteiger partial charge on any atom is 0.175 e. The Morgan fingerprint density at radius 1 is 1.21 bits per heavy atom. The van der Waals surface area contributed by atoms with Crippen LogP contribution in [0.2, 0.25) is 0 Å². The van der Waals surface area contributed by atoms with Gasteiger partial charge in [-0.05, 0) is 43.2 Å². The van der Waals surface area contributed by atoms with Gasteiger partial charge in [-0.3, -0.25) is 14.7 Å². The Morgan fingerprint density at radius 3 is 2.79 bits per heavy atom. The standard InChI is InChI=1S/C20H21N3O/c1-13-2-7-18-16(10-13)20(24)17-12-23(9-8-19(17)22-18)11-14-3-5-15(21)6-4-14/h2-7,10,17H,8-9,11-12,21H2,1H3. The minimum atomic E-state index is -0.0955. The molecule has 2 aromatic carbocycles. The van der Waals surface area contributed by atoms with Crippen LogP contribution in [-0.4, -0.2) is 29.5 Å². The fraction of sp³-hybridized carbons (Fsp3) is 0.300. The molecule has 1 unspecified atom stereocenters. The molecule has 2 heterocycles. The number of Topliss-reactive ketones (excluding diaryl/α,β-unsaturated/α-hetero) is 1. The van der Waals surface area contributed by atoms with E-state index in [2.05, 4.69) is 17.0 Å². The molecule has 0 aliphatic carbocycles. The SMILES string of the molecule is Cc1ccc2c(c1)C(=O)C1CN(Cc3ccc(N)cc3)CCC1=N2. The third-order valence-corrected chi connectivity index (χ3v) is 4.91. The summed E-state index contributed by atoms with van der Waals surface area (Å²) in [5.74, 6) is 0.127. The van der Waals surface area contributed by atoms with Crippen molar-refractivity contribution >= 4 is 22.9 Å². The van der Waals surface area contributed by atoms with Crippen LogP contribution in [0.25, 0.3) is 0 Å². The van der Waals surface area contributed by atoms with E-state index in [4.69, 9.17) is 10.7 Å². The molecule has 1 fully saturated rings. The monoisotopic (exact) mass is 319 g/mol. The van der Waals surface area contributed by atoms with E-state index in [1.807, 2.05) is 37.3 Å². The Kier molecular flexibility index (Phi) is 3.69. The first-order valence-electron chi connectivity index (χ1n) is 8.39. The fourth-order valence-corrected chi connectivity index (χ4v) is 3.58. The van der Waals surface area contributed by atoms with Crippen LogP contribution in [0.4, 0.5) is 11.4 Å². The van der Waals surface area contributed by atoms with Crippen LogP contribution in [-0.2, 0) is 6.54 Å². The summed E-state index contributed by atoms with van der Waals surface area (Å²) in [5, 5.41) is 0. The Balaban J connectivity index is 1.55. The summed E-state index contributed by atoms with van der Waals surface area (Å²) in [6.07, 6.45) is 0.860. The molecular formula is C20H21N3O. The quantitative estimate of drug-likeness (QED) is 0.863. The second kappa shape index (κ2) is 5.87. The van der Waals surface area contributed by atoms with Crippen molar-refractivity contribution in [1.82, 2.24) is 4.90 Å². The van der Waals surface area contributed by atoms with E-state index in [0.717, 1.165) is 54.3 Å². The van der Waals surface area contributed by atoms with E-state index in [-0.39, 0.29) is 11.7 Å². The number of likely N-dealkylation sites (tertiary alicyclic amines) is 1. The zero-order chi connectivity index (χ0) is 16.7. The number of hydrogen-bond acceptors (Lipinski definition) is 4. The number of fused-ring (bicyclic) bond motifs is 2. The number of hydrogen-bond donors (Lipinski definition) is 1. The van der Waals surface area contributed by atoms with E-state index >= 15 is 0 Å². The van der Waals surface area contributed by atoms with Gasteiger partial charge in [-0.25, -0.2) is 0 Å². The zero-order valence-electron chi connectivity index (χ0n) is 13.8. The predicted molar refractivity (Wildman–Crippen MR) is 96.8 cm³/mol. The molecule has 0 spiro atoms. The Bertz CT molecular complexity index is 823. The van der Waals surface area contributed by atoms with Crippen molar-refractivity contribution < 1.29 is 4.79 Å². The minimum Gasteiger partial charge on any atom is -0.399 e. The van der Waals surface area contributed by atoms with Gasteiger partial charge in [-0.2, -0.15) is 0 Å². The molecule has 2 aliphatic rings. The smallest absolute Gasteiger partial charge is 0.175 e. The summed E-state index contributed by atoms with van der Waals surface area (Å²) < 4.78 is 0. The van der Waals surface area contributed by atoms with E-state index in [0.29, 0.717) is 0 Å². The molecule has 2 aromatic rings. The van der Waals surface area contributed by atoms with Gasteiger partial charge in [0.2, 0.25) is 0 Å². The van der Waals surface area contributed by atoms with Crippen molar-refractivity contribution in [2.45, 2.75) is 19.9 Å². The second-order valence-electron chi connectivity index (χ2n) is 6.77. The maximum absolute atomic E-state index is 12.9. The molecule has 0 radical (unpaired) electrons. The van der Waals surface area contributed by atoms with Crippen molar-refractivity contribution in [2.75, 3.05) is 18.8 Å². The van der Waals surface area contributed by atoms with Crippen molar-refractivity contribution in [3.05, 3.63) is 59.2 Å². The van der Waals surface area contributed by atoms with Gasteiger partial charge in [-0.15, -0.1) is 0 Å². The molecule has 122 valence electrons. The average Bonchev–Trinajstić information content (AvgIpc) is 2.58. The molecule has 0 bridgehead atoms. The van der Waals surface area contributed by atoms with E-state index in [1.54, 1.807) is 0 Å². The summed E-state index contributed by atoms with van der Waals surface area (Å²) in [4.78, 5) is 20.0. The number of rotatable bonds is 2. The number of carbonyl (C=O) groups excluding carboxylic acids is 1. The number of nitrogen functional groups attached to an aromatic ring is 1. The third kappa shape index (κ3) is 2.74. The number of aryl methyl sites for hydroxylation is 1. The lowest BCUT2D eigenvalue weighted by atomic mass is 9.84. The Hall–Kier alpha value is -2.46. The van der Waals surface area contributed by atoms with Crippen LogP contribution in [0.1, 0.15) is 27.9 Å². The number of aliphatic imine (C=N–C) groups is 1. The van der Waals surface area contributed by atoms with E-state index in [9.17, 15) is 4.79 Å². The maximum atomic E-state index is 12.9. The number of nitrogens with two attached hydrogens (primary N) is 1. The molecule has 1 atom stereocenters. The highest BCUT2D eigenvalue weighted by atomic mass is 16.1. The first-order valence-corrected chi connectivity index (χ1v) is 8.39. The molecular weight excluding hydrogens is 298 g/mol. The summed E-state index contributed by atoms with van der Waals surface area (Å²) in [7, 11) is 0. The molecule has 0 amide bonds. The van der Waals surface area contributed by atoms with Crippen LogP contribution < -0.4 is 5.73 Å². The third-order valence-electron chi connectivity index (χ3n) is 4.91. The van der Waals surface area contributed by atoms with Crippen LogP contribution in [0, 0.1) is 12.8 Å². The Morgan fingerprint density at radius 2 is 2.00 bits per heavy atom. The lowest BCUT2D eigenvalue weighted by Gasteiger charge is -2.35. The number of nitrogens with zero attached hydrogens (tertiary/aromatic N) is 2. The van der Waals surface area contributed by atoms with Crippen LogP contribution in [0.15, 0.2) is 47.5 Å². The van der Waals surface area contributed by atoms with Gasteiger partial charge in [0, 0.05) is 36.6 Å². The van der Waals surface area contributed by atoms with Gasteiger partial charge in [0.1, 0.15) is 0 Å². The van der Waals surface area contributed by atoms with Gasteiger partial charge in [0.05, 0.1) is 11.6 Å². The number of anilines is 1. The van der Waals surface area contributed by atoms with E-state index < -0.39 is 0 Å². The normalized spacial score (nSPS) is 20.3. The van der Waals surface area contributed by atoms with Crippen LogP contribution >= 0.6 is 0 Å². The van der Waals surface area contributed by atoms with Gasteiger partial charge in [-0.1, -0.05) is 23.8 Å². The fourth-order valence-electron chi connectivity index (χ4n) is 3.58. The number of ketones is 1. The summed E-state index contributed by atoms with van der Waals surface area (Å²) in [6, 6.07) is 13.9. The minimum absolute atomic E-state index is 0.0955. The predicted octanol–water partition coefficient (Wildman–Crippen LogP) is 3.37. The molecule has 0 aromatic heterocycles. The molecule has 2 aliphatic heterocycles. The number of carbonyl (C=O) groups is 1. The highest BCUT2D eigenvalue weighted by Gasteiger charge is 2.35. The molecule has 24 heavy (non-hydrogen) atoms. The highest BCUT2D eigenvalue weighted by Crippen LogP contribution is 2.33.